The zero-order valence-corrected chi connectivity index (χ0v) is 21.6. The Morgan fingerprint density at radius 2 is 1.41 bits per heavy atom. The van der Waals surface area contributed by atoms with Crippen molar-refractivity contribution in [3.8, 4) is 5.75 Å². The molecule has 0 aromatic heterocycles. The van der Waals surface area contributed by atoms with Gasteiger partial charge >= 0.3 is 0 Å². The Hall–Kier alpha value is -4.38. The molecule has 5 heteroatoms. The summed E-state index contributed by atoms with van der Waals surface area (Å²) in [7, 11) is 3.40. The van der Waals surface area contributed by atoms with Gasteiger partial charge in [-0.3, -0.25) is 9.59 Å². The lowest BCUT2D eigenvalue weighted by Crippen LogP contribution is -2.31. The third-order valence-electron chi connectivity index (χ3n) is 6.29. The highest BCUT2D eigenvalue weighted by molar-refractivity contribution is 6.06. The van der Waals surface area contributed by atoms with E-state index in [1.165, 1.54) is 0 Å². The van der Waals surface area contributed by atoms with Crippen molar-refractivity contribution in [2.45, 2.75) is 26.4 Å². The number of nitrogens with zero attached hydrogens (tertiary/aromatic N) is 2. The van der Waals surface area contributed by atoms with Crippen LogP contribution >= 0.6 is 0 Å². The Balaban J connectivity index is 1.58. The molecule has 188 valence electrons. The van der Waals surface area contributed by atoms with Crippen molar-refractivity contribution >= 4 is 17.5 Å². The number of aryl methyl sites for hydroxylation is 1. The molecule has 0 atom stereocenters. The molecule has 0 spiro atoms. The van der Waals surface area contributed by atoms with Crippen LogP contribution in [0.4, 0.5) is 5.69 Å². The minimum atomic E-state index is -0.135. The Morgan fingerprint density at radius 3 is 2.14 bits per heavy atom. The monoisotopic (exact) mass is 492 g/mol. The van der Waals surface area contributed by atoms with Crippen LogP contribution in [0.2, 0.25) is 0 Å². The van der Waals surface area contributed by atoms with E-state index in [0.717, 1.165) is 27.9 Å². The second kappa shape index (κ2) is 12.0. The highest BCUT2D eigenvalue weighted by Crippen LogP contribution is 2.24. The molecule has 0 bridgehead atoms. The average molecular weight is 493 g/mol. The molecule has 0 radical (unpaired) electrons. The van der Waals surface area contributed by atoms with Gasteiger partial charge in [0, 0.05) is 24.8 Å². The summed E-state index contributed by atoms with van der Waals surface area (Å²) in [4.78, 5) is 30.2. The first kappa shape index (κ1) is 25.7. The molecule has 5 nitrogen and oxygen atoms in total. The first-order chi connectivity index (χ1) is 17.9. The Bertz CT molecular complexity index is 1350. The van der Waals surface area contributed by atoms with Crippen LogP contribution in [0.5, 0.6) is 5.75 Å². The Morgan fingerprint density at radius 1 is 0.730 bits per heavy atom. The van der Waals surface area contributed by atoms with Gasteiger partial charge in [-0.05, 0) is 53.9 Å². The lowest BCUT2D eigenvalue weighted by atomic mass is 10.1. The summed E-state index contributed by atoms with van der Waals surface area (Å²) >= 11 is 0. The molecular weight excluding hydrogens is 460 g/mol. The molecule has 4 aromatic carbocycles. The zero-order chi connectivity index (χ0) is 26.2. The molecule has 0 fully saturated rings. The molecule has 2 amide bonds. The fraction of sp³-hybridized carbons (Fsp3) is 0.188. The number of carbonyl (C=O) groups is 2. The number of hydrogen-bond donors (Lipinski definition) is 0. The highest BCUT2D eigenvalue weighted by atomic mass is 16.5. The van der Waals surface area contributed by atoms with E-state index in [1.54, 1.807) is 29.0 Å². The van der Waals surface area contributed by atoms with Gasteiger partial charge in [0.15, 0.2) is 0 Å². The van der Waals surface area contributed by atoms with Crippen LogP contribution < -0.4 is 9.64 Å². The van der Waals surface area contributed by atoms with Gasteiger partial charge in [-0.25, -0.2) is 0 Å². The zero-order valence-electron chi connectivity index (χ0n) is 21.6. The number of likely N-dealkylation sites (N-methyl/N-ethyl adjacent to an activating group) is 1. The molecule has 0 saturated carbocycles. The molecule has 0 saturated heterocycles. The summed E-state index contributed by atoms with van der Waals surface area (Å²) in [5.74, 6) is 0.510. The van der Waals surface area contributed by atoms with Gasteiger partial charge < -0.3 is 14.5 Å². The maximum atomic E-state index is 13.7. The molecule has 0 N–H and O–H groups in total. The number of ether oxygens (including phenoxy) is 1. The van der Waals surface area contributed by atoms with Gasteiger partial charge in [0.05, 0.1) is 20.1 Å². The van der Waals surface area contributed by atoms with E-state index in [0.29, 0.717) is 24.4 Å². The second-order valence-electron chi connectivity index (χ2n) is 9.19. The largest absolute Gasteiger partial charge is 0.497 e. The quantitative estimate of drug-likeness (QED) is 0.286. The van der Waals surface area contributed by atoms with Gasteiger partial charge in [0.1, 0.15) is 5.75 Å². The molecule has 0 unspecified atom stereocenters. The van der Waals surface area contributed by atoms with Crippen molar-refractivity contribution < 1.29 is 14.3 Å². The number of methoxy groups -OCH3 is 1. The third kappa shape index (κ3) is 6.85. The molecule has 0 aliphatic carbocycles. The van der Waals surface area contributed by atoms with Gasteiger partial charge in [-0.1, -0.05) is 78.4 Å². The molecule has 37 heavy (non-hydrogen) atoms. The summed E-state index contributed by atoms with van der Waals surface area (Å²) < 4.78 is 5.34. The van der Waals surface area contributed by atoms with E-state index in [2.05, 4.69) is 0 Å². The van der Waals surface area contributed by atoms with E-state index in [-0.39, 0.29) is 18.2 Å². The van der Waals surface area contributed by atoms with Crippen molar-refractivity contribution in [3.63, 3.8) is 0 Å². The first-order valence-corrected chi connectivity index (χ1v) is 12.3. The molecule has 0 aliphatic heterocycles. The van der Waals surface area contributed by atoms with E-state index in [9.17, 15) is 9.59 Å². The maximum Gasteiger partial charge on any atom is 0.258 e. The average Bonchev–Trinajstić information content (AvgIpc) is 2.93. The summed E-state index contributed by atoms with van der Waals surface area (Å²) in [6.07, 6.45) is 0.253. The van der Waals surface area contributed by atoms with Crippen molar-refractivity contribution in [1.82, 2.24) is 4.90 Å². The SMILES string of the molecule is COc1cccc(C(=O)N(Cc2ccc(C)cc2)c2cccc(CC(=O)N(C)Cc3ccccc3)c2)c1. The van der Waals surface area contributed by atoms with E-state index in [1.807, 2.05) is 105 Å². The smallest absolute Gasteiger partial charge is 0.258 e. The molecule has 0 heterocycles. The maximum absolute atomic E-state index is 13.7. The van der Waals surface area contributed by atoms with Crippen LogP contribution in [-0.2, 0) is 24.3 Å². The standard InChI is InChI=1S/C32H32N2O3/c1-24-15-17-26(18-16-24)23-34(32(36)28-12-8-14-30(21-28)37-3)29-13-7-11-27(19-29)20-31(35)33(2)22-25-9-5-4-6-10-25/h4-19,21H,20,22-23H2,1-3H3. The predicted octanol–water partition coefficient (Wildman–Crippen LogP) is 6.05. The van der Waals surface area contributed by atoms with E-state index < -0.39 is 0 Å². The van der Waals surface area contributed by atoms with E-state index >= 15 is 0 Å². The fourth-order valence-electron chi connectivity index (χ4n) is 4.16. The predicted molar refractivity (Wildman–Crippen MR) is 148 cm³/mol. The van der Waals surface area contributed by atoms with Crippen LogP contribution in [0.25, 0.3) is 0 Å². The van der Waals surface area contributed by atoms with Gasteiger partial charge in [0.25, 0.3) is 5.91 Å². The Labute approximate surface area is 218 Å². The number of rotatable bonds is 9. The number of amides is 2. The van der Waals surface area contributed by atoms with Crippen LogP contribution in [-0.4, -0.2) is 30.9 Å². The summed E-state index contributed by atoms with van der Waals surface area (Å²) in [5, 5.41) is 0. The minimum absolute atomic E-state index is 0.0187. The highest BCUT2D eigenvalue weighted by Gasteiger charge is 2.20. The third-order valence-corrected chi connectivity index (χ3v) is 6.29. The summed E-state index contributed by atoms with van der Waals surface area (Å²) in [6.45, 7) is 2.99. The van der Waals surface area contributed by atoms with Crippen LogP contribution in [0.3, 0.4) is 0 Å². The number of anilines is 1. The Kier molecular flexibility index (Phi) is 8.37. The molecule has 0 aliphatic rings. The molecule has 4 rings (SSSR count). The normalized spacial score (nSPS) is 10.6. The first-order valence-electron chi connectivity index (χ1n) is 12.3. The fourth-order valence-corrected chi connectivity index (χ4v) is 4.16. The second-order valence-corrected chi connectivity index (χ2v) is 9.19. The number of hydrogen-bond acceptors (Lipinski definition) is 3. The van der Waals surface area contributed by atoms with Crippen LogP contribution in [0, 0.1) is 6.92 Å². The minimum Gasteiger partial charge on any atom is -0.497 e. The lowest BCUT2D eigenvalue weighted by Gasteiger charge is -2.24. The summed E-state index contributed by atoms with van der Waals surface area (Å²) in [6, 6.07) is 32.9. The van der Waals surface area contributed by atoms with Crippen molar-refractivity contribution in [2.75, 3.05) is 19.1 Å². The molecule has 4 aromatic rings. The van der Waals surface area contributed by atoms with Crippen LogP contribution in [0.15, 0.2) is 103 Å². The van der Waals surface area contributed by atoms with Gasteiger partial charge in [-0.15, -0.1) is 0 Å². The molecular formula is C32H32N2O3. The summed E-state index contributed by atoms with van der Waals surface area (Å²) in [5.41, 5.74) is 5.40. The van der Waals surface area contributed by atoms with E-state index in [4.69, 9.17) is 4.74 Å². The van der Waals surface area contributed by atoms with Crippen molar-refractivity contribution in [3.05, 3.63) is 131 Å². The number of benzene rings is 4. The van der Waals surface area contributed by atoms with Crippen molar-refractivity contribution in [1.29, 1.82) is 0 Å². The topological polar surface area (TPSA) is 49.9 Å². The lowest BCUT2D eigenvalue weighted by molar-refractivity contribution is -0.129. The van der Waals surface area contributed by atoms with Crippen LogP contribution in [0.1, 0.15) is 32.6 Å². The van der Waals surface area contributed by atoms with Gasteiger partial charge in [-0.2, -0.15) is 0 Å². The van der Waals surface area contributed by atoms with Crippen molar-refractivity contribution in [2.24, 2.45) is 0 Å². The van der Waals surface area contributed by atoms with Gasteiger partial charge in [0.2, 0.25) is 5.91 Å². The number of carbonyl (C=O) groups excluding carboxylic acids is 2.